The van der Waals surface area contributed by atoms with Crippen molar-refractivity contribution in [2.75, 3.05) is 105 Å². The number of nitrogens with zero attached hydrogens (tertiary/aromatic N) is 6. The van der Waals surface area contributed by atoms with Gasteiger partial charge in [0.1, 0.15) is 0 Å². The van der Waals surface area contributed by atoms with Gasteiger partial charge in [-0.05, 0) is 37.7 Å². The molecule has 0 spiro atoms. The van der Waals surface area contributed by atoms with Gasteiger partial charge in [-0.2, -0.15) is 0 Å². The van der Waals surface area contributed by atoms with Crippen LogP contribution in [-0.2, 0) is 47.2 Å². The first kappa shape index (κ1) is 47.9. The van der Waals surface area contributed by atoms with E-state index in [0.29, 0.717) is 26.2 Å². The molecular weight excluding hydrogens is 676 g/mol. The van der Waals surface area contributed by atoms with Crippen LogP contribution in [0.25, 0.3) is 0 Å². The zero-order chi connectivity index (χ0) is 30.5. The van der Waals surface area contributed by atoms with Gasteiger partial charge in [-0.1, -0.05) is 45.0 Å². The maximum absolute atomic E-state index is 12.0. The molecule has 1 aromatic carbocycles. The Balaban J connectivity index is 0. The van der Waals surface area contributed by atoms with Gasteiger partial charge in [0.2, 0.25) is 0 Å². The van der Waals surface area contributed by atoms with E-state index in [1.165, 1.54) is 11.1 Å². The Kier molecular flexibility index (Phi) is 26.8. The molecule has 2 aliphatic rings. The van der Waals surface area contributed by atoms with Crippen molar-refractivity contribution in [1.29, 1.82) is 0 Å². The van der Waals surface area contributed by atoms with Crippen molar-refractivity contribution in [1.82, 2.24) is 29.4 Å². The molecule has 12 nitrogen and oxygen atoms in total. The number of benzene rings is 1. The Morgan fingerprint density at radius 2 is 0.739 bits per heavy atom. The predicted octanol–water partition coefficient (Wildman–Crippen LogP) is -3.50. The molecule has 0 saturated carbocycles. The number of β-amino-alcohol motifs (C(OH)–C–C–N with tert-alkyl or cyclic N) is 1. The maximum atomic E-state index is 12.0. The quantitative estimate of drug-likeness (QED) is 0.212. The molecule has 0 unspecified atom stereocenters. The molecule has 2 heterocycles. The van der Waals surface area contributed by atoms with Crippen molar-refractivity contribution in [2.24, 2.45) is 0 Å². The largest absolute Gasteiger partial charge is 6.00 e. The van der Waals surface area contributed by atoms with E-state index >= 15 is 0 Å². The van der Waals surface area contributed by atoms with Crippen molar-refractivity contribution in [3.05, 3.63) is 35.4 Å². The smallest absolute Gasteiger partial charge is 0.851 e. The summed E-state index contributed by atoms with van der Waals surface area (Å²) in [5, 5.41) is 46.1. The van der Waals surface area contributed by atoms with Crippen LogP contribution < -0.4 is 15.3 Å². The minimum Gasteiger partial charge on any atom is -0.851 e. The van der Waals surface area contributed by atoms with E-state index in [1.54, 1.807) is 20.8 Å². The van der Waals surface area contributed by atoms with Crippen LogP contribution in [0, 0.1) is 0 Å². The third-order valence-electron chi connectivity index (χ3n) is 8.37. The first-order valence-electron chi connectivity index (χ1n) is 16.1. The average molecular weight is 738 g/mol. The molecule has 2 saturated heterocycles. The fourth-order valence-corrected chi connectivity index (χ4v) is 6.23. The second-order valence-corrected chi connectivity index (χ2v) is 12.8. The summed E-state index contributed by atoms with van der Waals surface area (Å²) in [4.78, 5) is 14.1. The normalized spacial score (nSPS) is 21.6. The zero-order valence-electron chi connectivity index (χ0n) is 28.4. The van der Waals surface area contributed by atoms with Gasteiger partial charge in [0.15, 0.2) is 0 Å². The van der Waals surface area contributed by atoms with Crippen molar-refractivity contribution in [3.63, 3.8) is 0 Å². The molecule has 2 fully saturated rings. The molecule has 2 aliphatic heterocycles. The van der Waals surface area contributed by atoms with Crippen molar-refractivity contribution < 1.29 is 65.5 Å². The molecule has 5 N–H and O–H groups in total. The number of hydrogen-bond acceptors (Lipinski definition) is 10. The van der Waals surface area contributed by atoms with Crippen LogP contribution in [0.15, 0.2) is 24.3 Å². The van der Waals surface area contributed by atoms with E-state index in [-0.39, 0.29) is 51.2 Å². The summed E-state index contributed by atoms with van der Waals surface area (Å²) in [6, 6.07) is 8.71. The first-order valence-corrected chi connectivity index (χ1v) is 16.1. The monoisotopic (exact) mass is 737 g/mol. The summed E-state index contributed by atoms with van der Waals surface area (Å²) in [7, 11) is 0. The van der Waals surface area contributed by atoms with Gasteiger partial charge in [-0.3, -0.25) is 14.7 Å². The van der Waals surface area contributed by atoms with Gasteiger partial charge in [0, 0.05) is 98.2 Å². The number of aliphatic hydroxyl groups is 1. The Morgan fingerprint density at radius 3 is 0.978 bits per heavy atom. The van der Waals surface area contributed by atoms with Crippen LogP contribution in [0.1, 0.15) is 38.8 Å². The molecule has 0 amide bonds. The Hall–Kier alpha value is -0.221. The predicted molar refractivity (Wildman–Crippen MR) is 170 cm³/mol. The van der Waals surface area contributed by atoms with E-state index in [4.69, 9.17) is 0 Å². The van der Waals surface area contributed by atoms with Gasteiger partial charge in [0.25, 0.3) is 0 Å². The van der Waals surface area contributed by atoms with E-state index in [1.807, 2.05) is 6.92 Å². The van der Waals surface area contributed by atoms with Gasteiger partial charge in [-0.15, -0.1) is 18.3 Å². The molecule has 14 heteroatoms. The van der Waals surface area contributed by atoms with Crippen molar-refractivity contribution >= 4 is 0 Å². The van der Waals surface area contributed by atoms with Crippen molar-refractivity contribution in [2.45, 2.75) is 65.2 Å². The minimum absolute atomic E-state index is 0. The van der Waals surface area contributed by atoms with Crippen LogP contribution in [-0.4, -0.2) is 175 Å². The van der Waals surface area contributed by atoms with Crippen LogP contribution in [0.4, 0.5) is 0 Å². The molecule has 262 valence electrons. The van der Waals surface area contributed by atoms with Crippen LogP contribution in [0.3, 0.4) is 0 Å². The summed E-state index contributed by atoms with van der Waals surface area (Å²) >= 11 is 0. The topological polar surface area (TPSA) is 172 Å². The van der Waals surface area contributed by atoms with E-state index in [9.17, 15) is 20.4 Å². The SMILES string of the molecule is C[C@H]([O-])CN1CCN(Cc2ccccc2CN2CCN(C[C@H](C)[O-])CCN(C[C@H](C)O)CC2)CCN(C[C@H](C)[O-])CC1.O.O.[Fe+6].[Fe+6]. The summed E-state index contributed by atoms with van der Waals surface area (Å²) in [5.41, 5.74) is 2.63. The minimum atomic E-state index is -0.627. The number of aliphatic hydroxyl groups excluding tert-OH is 1. The summed E-state index contributed by atoms with van der Waals surface area (Å²) in [5.74, 6) is 0. The zero-order valence-corrected chi connectivity index (χ0v) is 30.6. The van der Waals surface area contributed by atoms with E-state index in [2.05, 4.69) is 53.7 Å². The molecule has 1 aromatic rings. The van der Waals surface area contributed by atoms with Crippen molar-refractivity contribution in [3.8, 4) is 0 Å². The Morgan fingerprint density at radius 1 is 0.500 bits per heavy atom. The maximum Gasteiger partial charge on any atom is 6.00 e. The standard InChI is InChI=1S/C32H57N6O4.2Fe.2H2O/c1-27(39)21-33-9-10-34(22-28(2)40)14-18-37(17-13-33)25-31-7-5-6-8-32(31)26-38-19-15-35(23-29(3)41)11-12-36(16-20-38)24-30(4)42;;;;/h5-8,27-30,39H,9-26H2,1-4H3;;;2*1H2/q-3;2*+6;;/t27-,28-,29-,30-;;;;/m0..../s1. The van der Waals surface area contributed by atoms with Crippen LogP contribution in [0.2, 0.25) is 0 Å². The number of hydrogen-bond donors (Lipinski definition) is 1. The molecule has 4 atom stereocenters. The number of rotatable bonds is 12. The third-order valence-corrected chi connectivity index (χ3v) is 8.37. The van der Waals surface area contributed by atoms with Gasteiger partial charge in [0.05, 0.1) is 6.10 Å². The molecule has 0 aromatic heterocycles. The summed E-state index contributed by atoms with van der Waals surface area (Å²) < 4.78 is 0. The van der Waals surface area contributed by atoms with E-state index < -0.39 is 18.3 Å². The fourth-order valence-electron chi connectivity index (χ4n) is 6.23. The summed E-state index contributed by atoms with van der Waals surface area (Å²) in [6.45, 7) is 21.4. The fraction of sp³-hybridized carbons (Fsp3) is 0.812. The third kappa shape index (κ3) is 19.1. The molecule has 3 rings (SSSR count). The molecule has 46 heavy (non-hydrogen) atoms. The average Bonchev–Trinajstić information content (AvgIpc) is 3.05. The van der Waals surface area contributed by atoms with Gasteiger partial charge < -0.3 is 46.1 Å². The summed E-state index contributed by atoms with van der Waals surface area (Å²) in [6.07, 6.45) is -2.25. The Bertz CT molecular complexity index is 778. The van der Waals surface area contributed by atoms with E-state index in [0.717, 1.165) is 91.6 Å². The molecule has 0 radical (unpaired) electrons. The van der Waals surface area contributed by atoms with Crippen LogP contribution >= 0.6 is 0 Å². The molecule has 0 aliphatic carbocycles. The van der Waals surface area contributed by atoms with Gasteiger partial charge >= 0.3 is 34.1 Å². The Labute approximate surface area is 299 Å². The second kappa shape index (κ2) is 25.7. The second-order valence-electron chi connectivity index (χ2n) is 12.8. The molecule has 0 bridgehead atoms. The first-order chi connectivity index (χ1) is 20.1. The van der Waals surface area contributed by atoms with Crippen LogP contribution in [0.5, 0.6) is 0 Å². The van der Waals surface area contributed by atoms with Gasteiger partial charge in [-0.25, -0.2) is 0 Å². The molecular formula is C32H61Fe2N6O6+9.